The summed E-state index contributed by atoms with van der Waals surface area (Å²) in [5.74, 6) is 0. The summed E-state index contributed by atoms with van der Waals surface area (Å²) in [6, 6.07) is 86.3. The van der Waals surface area contributed by atoms with Crippen molar-refractivity contribution in [2.45, 2.75) is 38.5 Å². The molecular weight excluding hydrogens is 845 g/mol. The maximum Gasteiger partial charge on any atom is 0.0540 e. The molecule has 0 bridgehead atoms. The lowest BCUT2D eigenvalue weighted by Gasteiger charge is -2.30. The van der Waals surface area contributed by atoms with Gasteiger partial charge in [-0.15, -0.1) is 0 Å². The van der Waals surface area contributed by atoms with Crippen molar-refractivity contribution in [2.24, 2.45) is 0 Å². The van der Waals surface area contributed by atoms with Gasteiger partial charge in [-0.05, 0) is 148 Å². The summed E-state index contributed by atoms with van der Waals surface area (Å²) < 4.78 is 0. The number of hydrogen-bond acceptors (Lipinski definition) is 2. The van der Waals surface area contributed by atoms with Gasteiger partial charge in [0.1, 0.15) is 0 Å². The summed E-state index contributed by atoms with van der Waals surface area (Å²) in [4.78, 5) is 4.98. The van der Waals surface area contributed by atoms with Crippen LogP contribution in [0.3, 0.4) is 0 Å². The molecule has 0 saturated carbocycles. The Morgan fingerprint density at radius 3 is 1.03 bits per heavy atom. The van der Waals surface area contributed by atoms with E-state index in [9.17, 15) is 0 Å². The van der Waals surface area contributed by atoms with Crippen molar-refractivity contribution in [1.82, 2.24) is 0 Å². The van der Waals surface area contributed by atoms with E-state index in [1.54, 1.807) is 0 Å². The van der Waals surface area contributed by atoms with Crippen LogP contribution in [-0.4, -0.2) is 0 Å². The number of nitrogens with zero attached hydrogens (tertiary/aromatic N) is 2. The van der Waals surface area contributed by atoms with Crippen LogP contribution in [0.2, 0.25) is 0 Å². The van der Waals surface area contributed by atoms with Gasteiger partial charge in [0.05, 0.1) is 11.4 Å². The van der Waals surface area contributed by atoms with Gasteiger partial charge in [0.25, 0.3) is 0 Å². The van der Waals surface area contributed by atoms with Crippen LogP contribution < -0.4 is 9.80 Å². The predicted molar refractivity (Wildman–Crippen MR) is 298 cm³/mol. The lowest BCUT2D eigenvalue weighted by Crippen LogP contribution is -2.16. The van der Waals surface area contributed by atoms with Gasteiger partial charge in [-0.3, -0.25) is 0 Å². The van der Waals surface area contributed by atoms with E-state index in [1.165, 1.54) is 98.4 Å². The Balaban J connectivity index is 0.971. The Morgan fingerprint density at radius 2 is 0.571 bits per heavy atom. The molecule has 0 atom stereocenters. The van der Waals surface area contributed by atoms with Crippen molar-refractivity contribution in [3.05, 3.63) is 253 Å². The SMILES string of the molecule is CC1(C)c2ccccc2-c2ccc(N(c3ccc4c5ccc(N(c6ccc7c(c6)C(C)(C)c6ccccc6-7)c6cccc7ccccc67)cc5c5ccccc5c4c3)c3cccc4ccccc34)cc21. The molecule has 0 spiro atoms. The minimum Gasteiger partial charge on any atom is -0.310 e. The molecule has 332 valence electrons. The van der Waals surface area contributed by atoms with Crippen molar-refractivity contribution in [1.29, 1.82) is 0 Å². The molecule has 0 heterocycles. The molecule has 14 rings (SSSR count). The minimum atomic E-state index is -0.129. The van der Waals surface area contributed by atoms with Crippen molar-refractivity contribution < 1.29 is 0 Å². The molecule has 0 saturated heterocycles. The Bertz CT molecular complexity index is 3860. The van der Waals surface area contributed by atoms with Crippen molar-refractivity contribution in [3.8, 4) is 22.3 Å². The second-order valence-electron chi connectivity index (χ2n) is 20.5. The van der Waals surface area contributed by atoms with Crippen LogP contribution in [0, 0.1) is 0 Å². The van der Waals surface area contributed by atoms with E-state index in [4.69, 9.17) is 0 Å². The van der Waals surface area contributed by atoms with Crippen molar-refractivity contribution in [3.63, 3.8) is 0 Å². The highest BCUT2D eigenvalue weighted by Crippen LogP contribution is 2.54. The molecule has 2 nitrogen and oxygen atoms in total. The average Bonchev–Trinajstić information content (AvgIpc) is 3.78. The molecular formula is C68H50N2. The zero-order chi connectivity index (χ0) is 46.9. The van der Waals surface area contributed by atoms with E-state index in [-0.39, 0.29) is 10.8 Å². The standard InChI is InChI=1S/C68H50N2/c1-67(2)61-27-13-11-25-55(61)57-37-33-47(41-63(57)67)69(65-29-15-19-43-17-5-7-21-49(43)65)45-31-35-53-54-36-32-46(40-60(54)52-24-10-9-23-51(52)59(53)39-45)70(66-30-16-20-44-18-6-8-22-50(44)66)48-34-38-58-56-26-12-14-28-62(56)68(3,4)64(58)42-48/h5-42H,1-4H3. The van der Waals surface area contributed by atoms with Crippen molar-refractivity contribution >= 4 is 88.0 Å². The maximum absolute atomic E-state index is 2.49. The Labute approximate surface area is 409 Å². The van der Waals surface area contributed by atoms with E-state index in [0.29, 0.717) is 0 Å². The van der Waals surface area contributed by atoms with E-state index >= 15 is 0 Å². The zero-order valence-corrected chi connectivity index (χ0v) is 39.8. The molecule has 2 aliphatic carbocycles. The topological polar surface area (TPSA) is 6.48 Å². The normalized spacial score (nSPS) is 13.9. The highest BCUT2D eigenvalue weighted by molar-refractivity contribution is 6.26. The average molecular weight is 895 g/mol. The van der Waals surface area contributed by atoms with Gasteiger partial charge < -0.3 is 9.80 Å². The predicted octanol–water partition coefficient (Wildman–Crippen LogP) is 19.0. The molecule has 12 aromatic carbocycles. The molecule has 0 fully saturated rings. The summed E-state index contributed by atoms with van der Waals surface area (Å²) in [5, 5.41) is 12.3. The van der Waals surface area contributed by atoms with E-state index < -0.39 is 0 Å². The maximum atomic E-state index is 2.49. The van der Waals surface area contributed by atoms with Gasteiger partial charge in [0.15, 0.2) is 0 Å². The van der Waals surface area contributed by atoms with Gasteiger partial charge in [-0.25, -0.2) is 0 Å². The van der Waals surface area contributed by atoms with Crippen molar-refractivity contribution in [2.75, 3.05) is 9.80 Å². The first-order chi connectivity index (χ1) is 34.2. The molecule has 0 radical (unpaired) electrons. The van der Waals surface area contributed by atoms with Gasteiger partial charge in [-0.2, -0.15) is 0 Å². The first-order valence-corrected chi connectivity index (χ1v) is 24.7. The first-order valence-electron chi connectivity index (χ1n) is 24.7. The number of fused-ring (bicyclic) bond motifs is 14. The molecule has 70 heavy (non-hydrogen) atoms. The second kappa shape index (κ2) is 15.0. The lowest BCUT2D eigenvalue weighted by atomic mass is 9.82. The molecule has 0 unspecified atom stereocenters. The molecule has 0 amide bonds. The monoisotopic (exact) mass is 894 g/mol. The largest absolute Gasteiger partial charge is 0.310 e. The third kappa shape index (κ3) is 5.86. The smallest absolute Gasteiger partial charge is 0.0540 e. The highest BCUT2D eigenvalue weighted by atomic mass is 15.1. The number of rotatable bonds is 6. The molecule has 0 aromatic heterocycles. The van der Waals surface area contributed by atoms with E-state index in [0.717, 1.165) is 34.1 Å². The molecule has 0 aliphatic heterocycles. The van der Waals surface area contributed by atoms with Crippen LogP contribution >= 0.6 is 0 Å². The van der Waals surface area contributed by atoms with Gasteiger partial charge in [0, 0.05) is 44.4 Å². The first kappa shape index (κ1) is 40.6. The van der Waals surface area contributed by atoms with Crippen LogP contribution in [0.5, 0.6) is 0 Å². The summed E-state index contributed by atoms with van der Waals surface area (Å²) in [7, 11) is 0. The summed E-state index contributed by atoms with van der Waals surface area (Å²) in [5.41, 5.74) is 17.4. The number of hydrogen-bond donors (Lipinski definition) is 0. The fourth-order valence-electron chi connectivity index (χ4n) is 12.5. The summed E-state index contributed by atoms with van der Waals surface area (Å²) in [6.07, 6.45) is 0. The molecule has 2 aliphatic rings. The van der Waals surface area contributed by atoms with Crippen LogP contribution in [0.15, 0.2) is 231 Å². The van der Waals surface area contributed by atoms with E-state index in [2.05, 4.69) is 268 Å². The number of benzene rings is 12. The molecule has 2 heteroatoms. The number of anilines is 6. The zero-order valence-electron chi connectivity index (χ0n) is 39.8. The fraction of sp³-hybridized carbons (Fsp3) is 0.0882. The van der Waals surface area contributed by atoms with Crippen LogP contribution in [0.4, 0.5) is 34.1 Å². The fourth-order valence-corrected chi connectivity index (χ4v) is 12.5. The quantitative estimate of drug-likeness (QED) is 0.153. The van der Waals surface area contributed by atoms with Gasteiger partial charge in [-0.1, -0.05) is 198 Å². The molecule has 0 N–H and O–H groups in total. The molecule has 12 aromatic rings. The third-order valence-corrected chi connectivity index (χ3v) is 16.0. The summed E-state index contributed by atoms with van der Waals surface area (Å²) in [6.45, 7) is 9.48. The Morgan fingerprint density at radius 1 is 0.243 bits per heavy atom. The van der Waals surface area contributed by atoms with Crippen LogP contribution in [0.25, 0.3) is 76.1 Å². The summed E-state index contributed by atoms with van der Waals surface area (Å²) >= 11 is 0. The third-order valence-electron chi connectivity index (χ3n) is 16.0. The minimum absolute atomic E-state index is 0.129. The Kier molecular flexibility index (Phi) is 8.71. The highest BCUT2D eigenvalue weighted by Gasteiger charge is 2.37. The van der Waals surface area contributed by atoms with Crippen LogP contribution in [0.1, 0.15) is 49.9 Å². The second-order valence-corrected chi connectivity index (χ2v) is 20.5. The lowest BCUT2D eigenvalue weighted by molar-refractivity contribution is 0.660. The van der Waals surface area contributed by atoms with Gasteiger partial charge >= 0.3 is 0 Å². The van der Waals surface area contributed by atoms with Crippen LogP contribution in [-0.2, 0) is 10.8 Å². The van der Waals surface area contributed by atoms with Gasteiger partial charge in [0.2, 0.25) is 0 Å². The van der Waals surface area contributed by atoms with E-state index in [1.807, 2.05) is 0 Å². The Hall–Kier alpha value is -8.46.